The van der Waals surface area contributed by atoms with E-state index >= 15 is 0 Å². The van der Waals surface area contributed by atoms with Gasteiger partial charge in [0.15, 0.2) is 5.96 Å². The molecule has 0 aromatic carbocycles. The molecule has 1 aromatic heterocycles. The highest BCUT2D eigenvalue weighted by atomic mass is 16.5. The average molecular weight is 338 g/mol. The van der Waals surface area contributed by atoms with E-state index in [-0.39, 0.29) is 5.97 Å². The third kappa shape index (κ3) is 6.60. The Kier molecular flexibility index (Phi) is 9.56. The van der Waals surface area contributed by atoms with Crippen LogP contribution in [0, 0.1) is 0 Å². The number of nitrogens with zero attached hydrogens (tertiary/aromatic N) is 2. The minimum absolute atomic E-state index is 0.146. The van der Waals surface area contributed by atoms with Gasteiger partial charge in [-0.3, -0.25) is 9.79 Å². The van der Waals surface area contributed by atoms with Gasteiger partial charge in [0.05, 0.1) is 12.8 Å². The number of ether oxygens (including phenoxy) is 1. The first-order chi connectivity index (χ1) is 11.7. The van der Waals surface area contributed by atoms with Crippen LogP contribution in [-0.4, -0.2) is 37.8 Å². The Bertz CT molecular complexity index is 504. The number of hydrogen-bond donors (Lipinski definition) is 2. The first kappa shape index (κ1) is 20.0. The van der Waals surface area contributed by atoms with E-state index in [1.165, 1.54) is 7.11 Å². The molecule has 2 N–H and O–H groups in total. The van der Waals surface area contributed by atoms with Gasteiger partial charge in [-0.1, -0.05) is 25.4 Å². The summed E-state index contributed by atoms with van der Waals surface area (Å²) in [6.07, 6.45) is 4.97. The highest BCUT2D eigenvalue weighted by molar-refractivity contribution is 5.79. The lowest BCUT2D eigenvalue weighted by atomic mass is 10.1. The Hall–Kier alpha value is -2.05. The number of nitrogens with one attached hydrogen (secondary N) is 2. The summed E-state index contributed by atoms with van der Waals surface area (Å²) in [4.78, 5) is 15.2. The Balaban J connectivity index is 2.31. The molecule has 1 aromatic rings. The van der Waals surface area contributed by atoms with Crippen LogP contribution in [0.15, 0.2) is 9.52 Å². The number of unbranched alkanes of at least 4 members (excludes halogenated alkanes) is 2. The predicted molar refractivity (Wildman–Crippen MR) is 93.9 cm³/mol. The van der Waals surface area contributed by atoms with Gasteiger partial charge in [-0.05, 0) is 19.3 Å². The van der Waals surface area contributed by atoms with Crippen molar-refractivity contribution in [2.75, 3.05) is 20.7 Å². The van der Waals surface area contributed by atoms with Crippen molar-refractivity contribution in [1.82, 2.24) is 15.8 Å². The number of aromatic nitrogens is 1. The van der Waals surface area contributed by atoms with Crippen molar-refractivity contribution in [2.45, 2.75) is 58.9 Å². The predicted octanol–water partition coefficient (Wildman–Crippen LogP) is 2.20. The van der Waals surface area contributed by atoms with Crippen molar-refractivity contribution in [3.8, 4) is 0 Å². The van der Waals surface area contributed by atoms with Gasteiger partial charge in [0.1, 0.15) is 5.76 Å². The Morgan fingerprint density at radius 3 is 2.62 bits per heavy atom. The van der Waals surface area contributed by atoms with Gasteiger partial charge in [-0.15, -0.1) is 0 Å². The quantitative estimate of drug-likeness (QED) is 0.294. The molecule has 24 heavy (non-hydrogen) atoms. The van der Waals surface area contributed by atoms with Crippen LogP contribution in [0.25, 0.3) is 0 Å². The molecule has 0 unspecified atom stereocenters. The molecule has 0 aliphatic carbocycles. The zero-order valence-electron chi connectivity index (χ0n) is 15.3. The standard InChI is InChI=1S/C17H30N4O3/c1-5-14-13(15(6-2)24-21-14)12-20-17(18-3)19-11-9-7-8-10-16(22)23-4/h5-12H2,1-4H3,(H2,18,19,20). The van der Waals surface area contributed by atoms with E-state index < -0.39 is 0 Å². The van der Waals surface area contributed by atoms with Crippen LogP contribution in [-0.2, 0) is 28.9 Å². The number of guanidine groups is 1. The molecule has 0 bridgehead atoms. The molecule has 0 aliphatic rings. The highest BCUT2D eigenvalue weighted by Crippen LogP contribution is 2.15. The molecule has 0 aliphatic heterocycles. The molecule has 0 saturated carbocycles. The number of hydrogen-bond acceptors (Lipinski definition) is 5. The maximum atomic E-state index is 11.0. The summed E-state index contributed by atoms with van der Waals surface area (Å²) in [5.74, 6) is 1.54. The Labute approximate surface area is 144 Å². The molecule has 0 atom stereocenters. The molecule has 1 heterocycles. The zero-order chi connectivity index (χ0) is 17.8. The fourth-order valence-electron chi connectivity index (χ4n) is 2.41. The van der Waals surface area contributed by atoms with Crippen molar-refractivity contribution in [3.05, 3.63) is 17.0 Å². The monoisotopic (exact) mass is 338 g/mol. The van der Waals surface area contributed by atoms with Gasteiger partial charge in [0.25, 0.3) is 0 Å². The second kappa shape index (κ2) is 11.5. The minimum Gasteiger partial charge on any atom is -0.469 e. The summed E-state index contributed by atoms with van der Waals surface area (Å²) < 4.78 is 9.99. The molecule has 0 fully saturated rings. The first-order valence-corrected chi connectivity index (χ1v) is 8.63. The molecule has 136 valence electrons. The van der Waals surface area contributed by atoms with E-state index in [4.69, 9.17) is 4.52 Å². The van der Waals surface area contributed by atoms with Gasteiger partial charge < -0.3 is 19.9 Å². The molecule has 0 saturated heterocycles. The molecular formula is C17H30N4O3. The second-order valence-corrected chi connectivity index (χ2v) is 5.48. The van der Waals surface area contributed by atoms with E-state index in [9.17, 15) is 4.79 Å². The largest absolute Gasteiger partial charge is 0.469 e. The van der Waals surface area contributed by atoms with Gasteiger partial charge in [-0.2, -0.15) is 0 Å². The van der Waals surface area contributed by atoms with Crippen molar-refractivity contribution in [1.29, 1.82) is 0 Å². The lowest BCUT2D eigenvalue weighted by Crippen LogP contribution is -2.37. The summed E-state index contributed by atoms with van der Waals surface area (Å²) in [6.45, 7) is 5.59. The number of esters is 1. The number of carbonyl (C=O) groups excluding carboxylic acids is 1. The van der Waals surface area contributed by atoms with E-state index in [1.807, 2.05) is 0 Å². The van der Waals surface area contributed by atoms with Crippen LogP contribution in [0.2, 0.25) is 0 Å². The molecule has 0 spiro atoms. The van der Waals surface area contributed by atoms with E-state index in [0.29, 0.717) is 13.0 Å². The second-order valence-electron chi connectivity index (χ2n) is 5.48. The van der Waals surface area contributed by atoms with Crippen molar-refractivity contribution in [2.24, 2.45) is 4.99 Å². The normalized spacial score (nSPS) is 11.4. The number of methoxy groups -OCH3 is 1. The van der Waals surface area contributed by atoms with Crippen molar-refractivity contribution >= 4 is 11.9 Å². The first-order valence-electron chi connectivity index (χ1n) is 8.63. The summed E-state index contributed by atoms with van der Waals surface area (Å²) in [5, 5.41) is 10.7. The molecule has 1 rings (SSSR count). The number of aliphatic imine (C=N–C) groups is 1. The van der Waals surface area contributed by atoms with Crippen LogP contribution < -0.4 is 10.6 Å². The molecule has 7 heteroatoms. The number of rotatable bonds is 10. The van der Waals surface area contributed by atoms with Gasteiger partial charge in [-0.25, -0.2) is 0 Å². The van der Waals surface area contributed by atoms with Crippen LogP contribution in [0.4, 0.5) is 0 Å². The van der Waals surface area contributed by atoms with Crippen LogP contribution in [0.3, 0.4) is 0 Å². The molecular weight excluding hydrogens is 308 g/mol. The third-order valence-electron chi connectivity index (χ3n) is 3.84. The Morgan fingerprint density at radius 1 is 1.21 bits per heavy atom. The van der Waals surface area contributed by atoms with Gasteiger partial charge in [0, 0.05) is 38.5 Å². The van der Waals surface area contributed by atoms with Crippen molar-refractivity contribution in [3.63, 3.8) is 0 Å². The zero-order valence-corrected chi connectivity index (χ0v) is 15.3. The summed E-state index contributed by atoms with van der Waals surface area (Å²) in [5.41, 5.74) is 2.12. The third-order valence-corrected chi connectivity index (χ3v) is 3.84. The average Bonchev–Trinajstić information content (AvgIpc) is 3.02. The topological polar surface area (TPSA) is 88.8 Å². The lowest BCUT2D eigenvalue weighted by molar-refractivity contribution is -0.140. The van der Waals surface area contributed by atoms with Crippen LogP contribution in [0.1, 0.15) is 56.5 Å². The van der Waals surface area contributed by atoms with E-state index in [2.05, 4.69) is 39.4 Å². The maximum Gasteiger partial charge on any atom is 0.305 e. The van der Waals surface area contributed by atoms with E-state index in [0.717, 1.165) is 61.6 Å². The van der Waals surface area contributed by atoms with Crippen LogP contribution >= 0.6 is 0 Å². The van der Waals surface area contributed by atoms with Crippen molar-refractivity contribution < 1.29 is 14.1 Å². The van der Waals surface area contributed by atoms with Crippen LogP contribution in [0.5, 0.6) is 0 Å². The number of aryl methyl sites for hydroxylation is 2. The SMILES string of the molecule is CCc1noc(CC)c1CNC(=NC)NCCCCCC(=O)OC. The summed E-state index contributed by atoms with van der Waals surface area (Å²) in [6, 6.07) is 0. The minimum atomic E-state index is -0.146. The highest BCUT2D eigenvalue weighted by Gasteiger charge is 2.13. The van der Waals surface area contributed by atoms with Gasteiger partial charge >= 0.3 is 5.97 Å². The fourth-order valence-corrected chi connectivity index (χ4v) is 2.41. The summed E-state index contributed by atoms with van der Waals surface area (Å²) >= 11 is 0. The fraction of sp³-hybridized carbons (Fsp3) is 0.706. The summed E-state index contributed by atoms with van der Waals surface area (Å²) in [7, 11) is 3.17. The smallest absolute Gasteiger partial charge is 0.305 e. The molecule has 0 amide bonds. The van der Waals surface area contributed by atoms with E-state index in [1.54, 1.807) is 7.05 Å². The Morgan fingerprint density at radius 2 is 2.00 bits per heavy atom. The van der Waals surface area contributed by atoms with Gasteiger partial charge in [0.2, 0.25) is 0 Å². The lowest BCUT2D eigenvalue weighted by Gasteiger charge is -2.12. The molecule has 0 radical (unpaired) electrons. The molecule has 7 nitrogen and oxygen atoms in total. The number of carbonyl (C=O) groups is 1. The maximum absolute atomic E-state index is 11.0.